The average molecular weight is 192 g/mol. The molecule has 0 saturated carbocycles. The number of amides is 1. The van der Waals surface area contributed by atoms with Crippen molar-refractivity contribution >= 4 is 5.91 Å². The minimum Gasteiger partial charge on any atom is -0.368 e. The van der Waals surface area contributed by atoms with Crippen LogP contribution in [0.3, 0.4) is 0 Å². The van der Waals surface area contributed by atoms with Gasteiger partial charge in [-0.1, -0.05) is 38.1 Å². The Kier molecular flexibility index (Phi) is 3.25. The van der Waals surface area contributed by atoms with Crippen molar-refractivity contribution in [2.45, 2.75) is 25.8 Å². The molecule has 0 heterocycles. The third kappa shape index (κ3) is 2.33. The van der Waals surface area contributed by atoms with E-state index in [-0.39, 0.29) is 0 Å². The van der Waals surface area contributed by atoms with E-state index in [1.165, 1.54) is 5.56 Å². The molecule has 0 aliphatic carbocycles. The predicted octanol–water partition coefficient (Wildman–Crippen LogP) is 1.30. The van der Waals surface area contributed by atoms with Crippen molar-refractivity contribution in [1.82, 2.24) is 0 Å². The third-order valence-electron chi connectivity index (χ3n) is 2.27. The lowest BCUT2D eigenvalue weighted by molar-refractivity contribution is -0.119. The van der Waals surface area contributed by atoms with Gasteiger partial charge in [-0.3, -0.25) is 4.79 Å². The van der Waals surface area contributed by atoms with Crippen LogP contribution in [-0.2, 0) is 4.79 Å². The smallest absolute Gasteiger partial charge is 0.238 e. The zero-order valence-electron chi connectivity index (χ0n) is 8.53. The van der Waals surface area contributed by atoms with Crippen LogP contribution in [0.4, 0.5) is 0 Å². The molecule has 1 atom stereocenters. The highest BCUT2D eigenvalue weighted by Crippen LogP contribution is 2.17. The number of carbonyl (C=O) groups excluding carboxylic acids is 1. The van der Waals surface area contributed by atoms with Crippen molar-refractivity contribution in [2.24, 2.45) is 11.5 Å². The molecular weight excluding hydrogens is 176 g/mol. The summed E-state index contributed by atoms with van der Waals surface area (Å²) in [6.07, 6.45) is 0. The molecule has 1 amide bonds. The Hall–Kier alpha value is -1.35. The highest BCUT2D eigenvalue weighted by Gasteiger charge is 2.11. The molecule has 1 rings (SSSR count). The van der Waals surface area contributed by atoms with Crippen LogP contribution < -0.4 is 11.5 Å². The average Bonchev–Trinajstić information content (AvgIpc) is 2.16. The molecule has 3 nitrogen and oxygen atoms in total. The van der Waals surface area contributed by atoms with Gasteiger partial charge in [0.1, 0.15) is 6.04 Å². The molecule has 0 fully saturated rings. The third-order valence-corrected chi connectivity index (χ3v) is 2.27. The molecule has 0 bridgehead atoms. The fourth-order valence-electron chi connectivity index (χ4n) is 1.25. The minimum atomic E-state index is -0.698. The van der Waals surface area contributed by atoms with Gasteiger partial charge in [-0.25, -0.2) is 0 Å². The Bertz CT molecular complexity index is 317. The molecule has 14 heavy (non-hydrogen) atoms. The first-order valence-corrected chi connectivity index (χ1v) is 4.67. The largest absolute Gasteiger partial charge is 0.368 e. The van der Waals surface area contributed by atoms with E-state index < -0.39 is 11.9 Å². The number of nitrogens with two attached hydrogens (primary N) is 2. The van der Waals surface area contributed by atoms with Crippen molar-refractivity contribution in [3.05, 3.63) is 35.4 Å². The lowest BCUT2D eigenvalue weighted by Crippen LogP contribution is -2.28. The number of benzene rings is 1. The van der Waals surface area contributed by atoms with Crippen LogP contribution in [0, 0.1) is 0 Å². The van der Waals surface area contributed by atoms with Gasteiger partial charge in [0.25, 0.3) is 0 Å². The van der Waals surface area contributed by atoms with E-state index in [2.05, 4.69) is 13.8 Å². The summed E-state index contributed by atoms with van der Waals surface area (Å²) in [6, 6.07) is 6.96. The summed E-state index contributed by atoms with van der Waals surface area (Å²) < 4.78 is 0. The summed E-state index contributed by atoms with van der Waals surface area (Å²) in [5, 5.41) is 0. The highest BCUT2D eigenvalue weighted by atomic mass is 16.1. The fourth-order valence-corrected chi connectivity index (χ4v) is 1.25. The fraction of sp³-hybridized carbons (Fsp3) is 0.364. The van der Waals surface area contributed by atoms with Gasteiger partial charge in [-0.15, -0.1) is 0 Å². The van der Waals surface area contributed by atoms with Gasteiger partial charge >= 0.3 is 0 Å². The molecule has 0 aliphatic rings. The van der Waals surface area contributed by atoms with Gasteiger partial charge in [0.05, 0.1) is 0 Å². The Morgan fingerprint density at radius 2 is 1.57 bits per heavy atom. The molecule has 0 aromatic heterocycles. The monoisotopic (exact) mass is 192 g/mol. The quantitative estimate of drug-likeness (QED) is 0.757. The molecule has 0 spiro atoms. The van der Waals surface area contributed by atoms with Gasteiger partial charge in [-0.05, 0) is 17.0 Å². The molecule has 0 radical (unpaired) electrons. The van der Waals surface area contributed by atoms with Crippen LogP contribution in [0.2, 0.25) is 0 Å². The van der Waals surface area contributed by atoms with Crippen LogP contribution in [0.1, 0.15) is 36.9 Å². The number of carbonyl (C=O) groups is 1. The van der Waals surface area contributed by atoms with Crippen LogP contribution in [0.5, 0.6) is 0 Å². The van der Waals surface area contributed by atoms with Gasteiger partial charge in [0.15, 0.2) is 0 Å². The number of hydrogen-bond donors (Lipinski definition) is 2. The first-order valence-electron chi connectivity index (χ1n) is 4.67. The first kappa shape index (κ1) is 10.7. The summed E-state index contributed by atoms with van der Waals surface area (Å²) in [5.41, 5.74) is 12.7. The maximum atomic E-state index is 10.8. The van der Waals surface area contributed by atoms with Crippen LogP contribution in [0.15, 0.2) is 24.3 Å². The molecule has 76 valence electrons. The van der Waals surface area contributed by atoms with Crippen molar-refractivity contribution in [3.63, 3.8) is 0 Å². The lowest BCUT2D eigenvalue weighted by atomic mass is 9.99. The van der Waals surface area contributed by atoms with Crippen molar-refractivity contribution in [1.29, 1.82) is 0 Å². The molecule has 1 aromatic carbocycles. The minimum absolute atomic E-state index is 0.480. The van der Waals surface area contributed by atoms with Crippen molar-refractivity contribution in [2.75, 3.05) is 0 Å². The maximum absolute atomic E-state index is 10.8. The van der Waals surface area contributed by atoms with Gasteiger partial charge in [-0.2, -0.15) is 0 Å². The van der Waals surface area contributed by atoms with Crippen LogP contribution in [-0.4, -0.2) is 5.91 Å². The summed E-state index contributed by atoms with van der Waals surface area (Å²) in [6.45, 7) is 4.23. The molecule has 1 aromatic rings. The van der Waals surface area contributed by atoms with Crippen molar-refractivity contribution < 1.29 is 4.79 Å². The topological polar surface area (TPSA) is 69.1 Å². The second-order valence-corrected chi connectivity index (χ2v) is 3.70. The van der Waals surface area contributed by atoms with E-state index in [9.17, 15) is 4.79 Å². The van der Waals surface area contributed by atoms with E-state index in [1.54, 1.807) is 0 Å². The van der Waals surface area contributed by atoms with Gasteiger partial charge in [0.2, 0.25) is 5.91 Å². The van der Waals surface area contributed by atoms with E-state index in [4.69, 9.17) is 11.5 Å². The standard InChI is InChI=1S/C11H16N2O/c1-7(2)8-3-5-9(6-4-8)10(12)11(13)14/h3-7,10H,12H2,1-2H3,(H2,13,14). The Balaban J connectivity index is 2.88. The lowest BCUT2D eigenvalue weighted by Gasteiger charge is -2.10. The van der Waals surface area contributed by atoms with Crippen LogP contribution >= 0.6 is 0 Å². The molecule has 0 saturated heterocycles. The number of hydrogen-bond acceptors (Lipinski definition) is 2. The van der Waals surface area contributed by atoms with E-state index >= 15 is 0 Å². The maximum Gasteiger partial charge on any atom is 0.238 e. The van der Waals surface area contributed by atoms with Crippen LogP contribution in [0.25, 0.3) is 0 Å². The summed E-state index contributed by atoms with van der Waals surface area (Å²) in [4.78, 5) is 10.8. The normalized spacial score (nSPS) is 12.9. The predicted molar refractivity (Wildman–Crippen MR) is 56.7 cm³/mol. The van der Waals surface area contributed by atoms with Gasteiger partial charge < -0.3 is 11.5 Å². The summed E-state index contributed by atoms with van der Waals surface area (Å²) in [5.74, 6) is -0.0175. The number of primary amides is 1. The highest BCUT2D eigenvalue weighted by molar-refractivity contribution is 5.81. The second-order valence-electron chi connectivity index (χ2n) is 3.70. The molecule has 1 unspecified atom stereocenters. The molecule has 0 aliphatic heterocycles. The second kappa shape index (κ2) is 4.24. The van der Waals surface area contributed by atoms with E-state index in [0.29, 0.717) is 5.92 Å². The zero-order chi connectivity index (χ0) is 10.7. The molecular formula is C11H16N2O. The van der Waals surface area contributed by atoms with Gasteiger partial charge in [0, 0.05) is 0 Å². The first-order chi connectivity index (χ1) is 6.52. The number of rotatable bonds is 3. The van der Waals surface area contributed by atoms with E-state index in [0.717, 1.165) is 5.56 Å². The SMILES string of the molecule is CC(C)c1ccc(C(N)C(N)=O)cc1. The summed E-state index contributed by atoms with van der Waals surface area (Å²) >= 11 is 0. The van der Waals surface area contributed by atoms with Crippen molar-refractivity contribution in [3.8, 4) is 0 Å². The molecule has 4 N–H and O–H groups in total. The molecule has 3 heteroatoms. The Morgan fingerprint density at radius 1 is 1.14 bits per heavy atom. The summed E-state index contributed by atoms with van der Waals surface area (Å²) in [7, 11) is 0. The van der Waals surface area contributed by atoms with E-state index in [1.807, 2.05) is 24.3 Å². The Labute approximate surface area is 84.1 Å². The zero-order valence-corrected chi connectivity index (χ0v) is 8.53. The Morgan fingerprint density at radius 3 is 1.93 bits per heavy atom.